The molecule has 0 spiro atoms. The number of rotatable bonds is 4. The van der Waals surface area contributed by atoms with Crippen LogP contribution >= 0.6 is 27.5 Å². The van der Waals surface area contributed by atoms with Crippen molar-refractivity contribution in [2.24, 2.45) is 0 Å². The minimum absolute atomic E-state index is 0.0704. The highest BCUT2D eigenvalue weighted by Gasteiger charge is 2.13. The zero-order valence-corrected chi connectivity index (χ0v) is 10.6. The summed E-state index contributed by atoms with van der Waals surface area (Å²) in [7, 11) is 0. The maximum Gasteiger partial charge on any atom is 0.171 e. The molecule has 1 rings (SSSR count). The number of halogens is 2. The van der Waals surface area contributed by atoms with Gasteiger partial charge >= 0.3 is 0 Å². The molecule has 80 valence electrons. The molecule has 0 bridgehead atoms. The molecule has 0 aromatic heterocycles. The Morgan fingerprint density at radius 1 is 1.40 bits per heavy atom. The van der Waals surface area contributed by atoms with Crippen molar-refractivity contribution in [3.63, 3.8) is 0 Å². The van der Waals surface area contributed by atoms with Crippen LogP contribution in [0.3, 0.4) is 0 Å². The minimum atomic E-state index is -0.223. The number of carbonyl (C=O) groups is 2. The molecule has 0 aliphatic rings. The van der Waals surface area contributed by atoms with E-state index in [4.69, 9.17) is 11.6 Å². The molecule has 0 aliphatic heterocycles. The topological polar surface area (TPSA) is 34.1 Å². The van der Waals surface area contributed by atoms with Gasteiger partial charge in [-0.2, -0.15) is 0 Å². The van der Waals surface area contributed by atoms with Crippen LogP contribution in [0.2, 0.25) is 5.02 Å². The van der Waals surface area contributed by atoms with Gasteiger partial charge in [0.15, 0.2) is 5.78 Å². The molecule has 0 aliphatic carbocycles. The first kappa shape index (κ1) is 12.4. The van der Waals surface area contributed by atoms with Gasteiger partial charge in [0.2, 0.25) is 0 Å². The second-order valence-corrected chi connectivity index (χ2v) is 4.44. The van der Waals surface area contributed by atoms with E-state index in [9.17, 15) is 9.59 Å². The van der Waals surface area contributed by atoms with Gasteiger partial charge < -0.3 is 0 Å². The molecule has 0 unspecified atom stereocenters. The Balaban J connectivity index is 2.87. The largest absolute Gasteiger partial charge is 0.299 e. The summed E-state index contributed by atoms with van der Waals surface area (Å²) in [6.07, 6.45) is 0.303. The highest BCUT2D eigenvalue weighted by Crippen LogP contribution is 2.22. The fraction of sp³-hybridized carbons (Fsp3) is 0.273. The van der Waals surface area contributed by atoms with Gasteiger partial charge in [0, 0.05) is 16.5 Å². The van der Waals surface area contributed by atoms with E-state index in [0.717, 1.165) is 4.47 Å². The first-order valence-electron chi connectivity index (χ1n) is 4.54. The Morgan fingerprint density at radius 2 is 2.07 bits per heavy atom. The first-order chi connectivity index (χ1) is 7.04. The molecule has 0 atom stereocenters. The van der Waals surface area contributed by atoms with E-state index in [1.165, 1.54) is 0 Å². The van der Waals surface area contributed by atoms with Gasteiger partial charge in [-0.05, 0) is 18.2 Å². The van der Waals surface area contributed by atoms with E-state index in [1.54, 1.807) is 25.1 Å². The number of benzene rings is 1. The summed E-state index contributed by atoms with van der Waals surface area (Å²) in [6.45, 7) is 1.73. The second-order valence-electron chi connectivity index (χ2n) is 3.12. The van der Waals surface area contributed by atoms with E-state index >= 15 is 0 Å². The third-order valence-corrected chi connectivity index (χ3v) is 2.79. The Morgan fingerprint density at radius 3 is 2.60 bits per heavy atom. The Bertz CT molecular complexity index is 402. The van der Waals surface area contributed by atoms with Crippen molar-refractivity contribution in [3.05, 3.63) is 33.3 Å². The molecule has 15 heavy (non-hydrogen) atoms. The number of ketones is 2. The molecule has 4 heteroatoms. The SMILES string of the molecule is CCC(=O)CC(=O)c1ccc(Br)cc1Cl. The predicted molar refractivity (Wildman–Crippen MR) is 63.4 cm³/mol. The van der Waals surface area contributed by atoms with Crippen molar-refractivity contribution in [2.45, 2.75) is 19.8 Å². The molecular weight excluding hydrogens is 279 g/mol. The molecule has 0 N–H and O–H groups in total. The van der Waals surface area contributed by atoms with Crippen LogP contribution in [0.4, 0.5) is 0 Å². The highest BCUT2D eigenvalue weighted by molar-refractivity contribution is 9.10. The fourth-order valence-electron chi connectivity index (χ4n) is 1.11. The number of hydrogen-bond acceptors (Lipinski definition) is 2. The minimum Gasteiger partial charge on any atom is -0.299 e. The van der Waals surface area contributed by atoms with E-state index in [1.807, 2.05) is 0 Å². The van der Waals surface area contributed by atoms with E-state index in [2.05, 4.69) is 15.9 Å². The average molecular weight is 290 g/mol. The summed E-state index contributed by atoms with van der Waals surface area (Å²) < 4.78 is 0.811. The fourth-order valence-corrected chi connectivity index (χ4v) is 1.89. The van der Waals surface area contributed by atoms with E-state index in [0.29, 0.717) is 17.0 Å². The molecule has 0 saturated heterocycles. The Hall–Kier alpha value is -0.670. The monoisotopic (exact) mass is 288 g/mol. The van der Waals surface area contributed by atoms with Gasteiger partial charge in [-0.25, -0.2) is 0 Å². The van der Waals surface area contributed by atoms with Crippen molar-refractivity contribution in [2.75, 3.05) is 0 Å². The lowest BCUT2D eigenvalue weighted by molar-refractivity contribution is -0.117. The normalized spacial score (nSPS) is 10.1. The molecule has 0 heterocycles. The van der Waals surface area contributed by atoms with E-state index < -0.39 is 0 Å². The lowest BCUT2D eigenvalue weighted by atomic mass is 10.1. The van der Waals surface area contributed by atoms with Gasteiger partial charge in [-0.1, -0.05) is 34.5 Å². The standard InChI is InChI=1S/C11H10BrClO2/c1-2-8(14)6-11(15)9-4-3-7(12)5-10(9)13/h3-5H,2,6H2,1H3. The maximum absolute atomic E-state index is 11.6. The number of carbonyl (C=O) groups excluding carboxylic acids is 2. The molecular formula is C11H10BrClO2. The van der Waals surface area contributed by atoms with Crippen LogP contribution in [0.25, 0.3) is 0 Å². The van der Waals surface area contributed by atoms with E-state index in [-0.39, 0.29) is 18.0 Å². The van der Waals surface area contributed by atoms with Gasteiger partial charge in [0.05, 0.1) is 11.4 Å². The Labute approximate surface area is 102 Å². The third-order valence-electron chi connectivity index (χ3n) is 1.98. The van der Waals surface area contributed by atoms with Crippen molar-refractivity contribution in [1.82, 2.24) is 0 Å². The summed E-state index contributed by atoms with van der Waals surface area (Å²) in [5.74, 6) is -0.293. The molecule has 2 nitrogen and oxygen atoms in total. The van der Waals surface area contributed by atoms with Crippen LogP contribution in [0.15, 0.2) is 22.7 Å². The average Bonchev–Trinajstić information content (AvgIpc) is 2.17. The number of hydrogen-bond donors (Lipinski definition) is 0. The van der Waals surface area contributed by atoms with Crippen molar-refractivity contribution < 1.29 is 9.59 Å². The van der Waals surface area contributed by atoms with Gasteiger partial charge in [0.25, 0.3) is 0 Å². The molecule has 1 aromatic carbocycles. The van der Waals surface area contributed by atoms with Gasteiger partial charge in [-0.15, -0.1) is 0 Å². The Kier molecular flexibility index (Phi) is 4.48. The molecule has 0 saturated carbocycles. The van der Waals surface area contributed by atoms with Crippen molar-refractivity contribution in [3.8, 4) is 0 Å². The van der Waals surface area contributed by atoms with Crippen LogP contribution in [0.5, 0.6) is 0 Å². The molecule has 0 fully saturated rings. The third kappa shape index (κ3) is 3.43. The summed E-state index contributed by atoms with van der Waals surface area (Å²) in [4.78, 5) is 22.7. The van der Waals surface area contributed by atoms with Crippen molar-refractivity contribution in [1.29, 1.82) is 0 Å². The summed E-state index contributed by atoms with van der Waals surface area (Å²) in [5.41, 5.74) is 0.404. The van der Waals surface area contributed by atoms with Crippen LogP contribution in [-0.2, 0) is 4.79 Å². The molecule has 0 amide bonds. The van der Waals surface area contributed by atoms with Gasteiger partial charge in [-0.3, -0.25) is 9.59 Å². The summed E-state index contributed by atoms with van der Waals surface area (Å²) in [5, 5.41) is 0.373. The quantitative estimate of drug-likeness (QED) is 0.626. The first-order valence-corrected chi connectivity index (χ1v) is 5.71. The lowest BCUT2D eigenvalue weighted by Gasteiger charge is -2.02. The van der Waals surface area contributed by atoms with Gasteiger partial charge in [0.1, 0.15) is 5.78 Å². The number of Topliss-reactive ketones (excluding diaryl/α,β-unsaturated/α-hetero) is 2. The summed E-state index contributed by atoms with van der Waals surface area (Å²) >= 11 is 9.14. The maximum atomic E-state index is 11.6. The van der Waals surface area contributed by atoms with Crippen LogP contribution in [0, 0.1) is 0 Å². The second kappa shape index (κ2) is 5.42. The summed E-state index contributed by atoms with van der Waals surface area (Å²) in [6, 6.07) is 5.00. The zero-order chi connectivity index (χ0) is 11.4. The predicted octanol–water partition coefficient (Wildman–Crippen LogP) is 3.65. The smallest absolute Gasteiger partial charge is 0.171 e. The molecule has 1 aromatic rings. The molecule has 0 radical (unpaired) electrons. The lowest BCUT2D eigenvalue weighted by Crippen LogP contribution is -2.07. The van der Waals surface area contributed by atoms with Crippen LogP contribution in [-0.4, -0.2) is 11.6 Å². The van der Waals surface area contributed by atoms with Crippen LogP contribution in [0.1, 0.15) is 30.1 Å². The highest BCUT2D eigenvalue weighted by atomic mass is 79.9. The van der Waals surface area contributed by atoms with Crippen molar-refractivity contribution >= 4 is 39.1 Å². The van der Waals surface area contributed by atoms with Crippen LogP contribution < -0.4 is 0 Å². The zero-order valence-electron chi connectivity index (χ0n) is 8.22.